The van der Waals surface area contributed by atoms with E-state index in [2.05, 4.69) is 33.8 Å². The normalized spacial score (nSPS) is 12.7. The first-order chi connectivity index (χ1) is 6.36. The zero-order valence-corrected chi connectivity index (χ0v) is 7.49. The molecule has 64 valence electrons. The lowest BCUT2D eigenvalue weighted by Gasteiger charge is -2.02. The van der Waals surface area contributed by atoms with Gasteiger partial charge in [-0.15, -0.1) is 0 Å². The predicted molar refractivity (Wildman–Crippen MR) is 51.1 cm³/mol. The molecule has 2 nitrogen and oxygen atoms in total. The van der Waals surface area contributed by atoms with Crippen molar-refractivity contribution in [1.82, 2.24) is 9.55 Å². The van der Waals surface area contributed by atoms with Crippen molar-refractivity contribution in [2.75, 3.05) is 0 Å². The Kier molecular flexibility index (Phi) is 1.18. The maximum absolute atomic E-state index is 4.30. The lowest BCUT2D eigenvalue weighted by atomic mass is 10.1. The van der Waals surface area contributed by atoms with Crippen molar-refractivity contribution in [1.29, 1.82) is 0 Å². The van der Waals surface area contributed by atoms with E-state index in [-0.39, 0.29) is 0 Å². The molecule has 1 aliphatic rings. The zero-order valence-electron chi connectivity index (χ0n) is 7.49. The van der Waals surface area contributed by atoms with E-state index in [0.29, 0.717) is 0 Å². The van der Waals surface area contributed by atoms with Crippen LogP contribution in [0.25, 0.3) is 5.69 Å². The first kappa shape index (κ1) is 6.89. The third-order valence-electron chi connectivity index (χ3n) is 2.62. The molecule has 1 aromatic carbocycles. The summed E-state index contributed by atoms with van der Waals surface area (Å²) in [5.74, 6) is 1.08. The third kappa shape index (κ3) is 0.800. The van der Waals surface area contributed by atoms with Gasteiger partial charge in [0, 0.05) is 18.3 Å². The van der Waals surface area contributed by atoms with Gasteiger partial charge in [-0.3, -0.25) is 0 Å². The molecule has 2 aromatic rings. The summed E-state index contributed by atoms with van der Waals surface area (Å²) in [5, 5.41) is 0. The summed E-state index contributed by atoms with van der Waals surface area (Å²) in [5.41, 5.74) is 4.01. The summed E-state index contributed by atoms with van der Waals surface area (Å²) >= 11 is 0. The highest BCUT2D eigenvalue weighted by Crippen LogP contribution is 2.28. The Bertz CT molecular complexity index is 469. The van der Waals surface area contributed by atoms with Gasteiger partial charge in [0.15, 0.2) is 0 Å². The first-order valence-electron chi connectivity index (χ1n) is 4.48. The molecule has 0 fully saturated rings. The number of rotatable bonds is 0. The van der Waals surface area contributed by atoms with Crippen molar-refractivity contribution in [3.63, 3.8) is 0 Å². The minimum absolute atomic E-state index is 1.02. The average Bonchev–Trinajstić information content (AvgIpc) is 2.66. The molecule has 0 radical (unpaired) electrons. The SMILES string of the molecule is Cc1ncc2n1-c1ccccc1C2. The molecule has 2 heteroatoms. The van der Waals surface area contributed by atoms with Crippen LogP contribution in [0.3, 0.4) is 0 Å². The van der Waals surface area contributed by atoms with E-state index < -0.39 is 0 Å². The Morgan fingerprint density at radius 3 is 3.08 bits per heavy atom. The Labute approximate surface area is 76.9 Å². The summed E-state index contributed by atoms with van der Waals surface area (Å²) in [7, 11) is 0. The van der Waals surface area contributed by atoms with E-state index in [4.69, 9.17) is 0 Å². The van der Waals surface area contributed by atoms with Crippen molar-refractivity contribution in [3.8, 4) is 5.69 Å². The van der Waals surface area contributed by atoms with Crippen molar-refractivity contribution < 1.29 is 0 Å². The number of para-hydroxylation sites is 1. The molecule has 0 amide bonds. The van der Waals surface area contributed by atoms with Gasteiger partial charge in [-0.2, -0.15) is 0 Å². The van der Waals surface area contributed by atoms with E-state index in [1.165, 1.54) is 16.9 Å². The second-order valence-electron chi connectivity index (χ2n) is 3.44. The van der Waals surface area contributed by atoms with Gasteiger partial charge < -0.3 is 4.57 Å². The van der Waals surface area contributed by atoms with E-state index in [1.807, 2.05) is 13.1 Å². The number of aromatic nitrogens is 2. The predicted octanol–water partition coefficient (Wildman–Crippen LogP) is 2.08. The highest BCUT2D eigenvalue weighted by Gasteiger charge is 2.18. The molecule has 2 heterocycles. The second-order valence-corrected chi connectivity index (χ2v) is 3.44. The Hall–Kier alpha value is -1.57. The maximum atomic E-state index is 4.30. The van der Waals surface area contributed by atoms with Crippen LogP contribution in [0.2, 0.25) is 0 Å². The van der Waals surface area contributed by atoms with Gasteiger partial charge in [-0.05, 0) is 18.6 Å². The monoisotopic (exact) mass is 170 g/mol. The summed E-state index contributed by atoms with van der Waals surface area (Å²) in [6.45, 7) is 2.05. The lowest BCUT2D eigenvalue weighted by molar-refractivity contribution is 0.967. The molecule has 1 aliphatic heterocycles. The van der Waals surface area contributed by atoms with Gasteiger partial charge in [-0.25, -0.2) is 4.98 Å². The fourth-order valence-electron chi connectivity index (χ4n) is 2.02. The van der Waals surface area contributed by atoms with Crippen LogP contribution in [-0.2, 0) is 6.42 Å². The zero-order chi connectivity index (χ0) is 8.84. The molecule has 0 atom stereocenters. The molecule has 0 saturated heterocycles. The number of imidazole rings is 1. The molecule has 1 aromatic heterocycles. The molecule has 0 spiro atoms. The Morgan fingerprint density at radius 2 is 2.15 bits per heavy atom. The second kappa shape index (κ2) is 2.22. The first-order valence-corrected chi connectivity index (χ1v) is 4.48. The molecular weight excluding hydrogens is 160 g/mol. The largest absolute Gasteiger partial charge is 0.300 e. The molecule has 0 unspecified atom stereocenters. The van der Waals surface area contributed by atoms with E-state index in [9.17, 15) is 0 Å². The van der Waals surface area contributed by atoms with Crippen LogP contribution in [-0.4, -0.2) is 9.55 Å². The van der Waals surface area contributed by atoms with Gasteiger partial charge >= 0.3 is 0 Å². The molecule has 13 heavy (non-hydrogen) atoms. The summed E-state index contributed by atoms with van der Waals surface area (Å²) in [6.07, 6.45) is 2.99. The lowest BCUT2D eigenvalue weighted by Crippen LogP contribution is -1.94. The molecule has 3 rings (SSSR count). The summed E-state index contributed by atoms with van der Waals surface area (Å²) in [4.78, 5) is 4.30. The fourth-order valence-corrected chi connectivity index (χ4v) is 2.02. The number of nitrogens with zero attached hydrogens (tertiary/aromatic N) is 2. The quantitative estimate of drug-likeness (QED) is 0.505. The van der Waals surface area contributed by atoms with E-state index in [0.717, 1.165) is 12.2 Å². The van der Waals surface area contributed by atoms with Crippen LogP contribution in [0.1, 0.15) is 17.1 Å². The minimum Gasteiger partial charge on any atom is -0.300 e. The van der Waals surface area contributed by atoms with Crippen molar-refractivity contribution in [3.05, 3.63) is 47.5 Å². The van der Waals surface area contributed by atoms with Gasteiger partial charge in [0.05, 0.1) is 5.69 Å². The summed E-state index contributed by atoms with van der Waals surface area (Å²) < 4.78 is 2.23. The summed E-state index contributed by atoms with van der Waals surface area (Å²) in [6, 6.07) is 8.50. The molecule has 0 aliphatic carbocycles. The van der Waals surface area contributed by atoms with E-state index in [1.54, 1.807) is 0 Å². The smallest absolute Gasteiger partial charge is 0.110 e. The van der Waals surface area contributed by atoms with Crippen molar-refractivity contribution >= 4 is 0 Å². The van der Waals surface area contributed by atoms with Gasteiger partial charge in [0.25, 0.3) is 0 Å². The third-order valence-corrected chi connectivity index (χ3v) is 2.62. The number of aryl methyl sites for hydroxylation is 1. The Morgan fingerprint density at radius 1 is 1.31 bits per heavy atom. The minimum atomic E-state index is 1.02. The molecule has 0 bridgehead atoms. The maximum Gasteiger partial charge on any atom is 0.110 e. The molecular formula is C11H10N2. The number of fused-ring (bicyclic) bond motifs is 3. The van der Waals surface area contributed by atoms with Crippen molar-refractivity contribution in [2.24, 2.45) is 0 Å². The van der Waals surface area contributed by atoms with Crippen LogP contribution < -0.4 is 0 Å². The van der Waals surface area contributed by atoms with Gasteiger partial charge in [0.1, 0.15) is 5.82 Å². The van der Waals surface area contributed by atoms with Crippen LogP contribution >= 0.6 is 0 Å². The van der Waals surface area contributed by atoms with Crippen molar-refractivity contribution in [2.45, 2.75) is 13.3 Å². The highest BCUT2D eigenvalue weighted by atomic mass is 15.1. The average molecular weight is 170 g/mol. The molecule has 0 saturated carbocycles. The standard InChI is InChI=1S/C11H10N2/c1-8-12-7-10-6-9-4-2-3-5-11(9)13(8)10/h2-5,7H,6H2,1H3. The number of hydrogen-bond acceptors (Lipinski definition) is 1. The number of hydrogen-bond donors (Lipinski definition) is 0. The van der Waals surface area contributed by atoms with Crippen LogP contribution in [0, 0.1) is 6.92 Å². The van der Waals surface area contributed by atoms with Crippen LogP contribution in [0.15, 0.2) is 30.5 Å². The van der Waals surface area contributed by atoms with Crippen LogP contribution in [0.5, 0.6) is 0 Å². The van der Waals surface area contributed by atoms with Crippen LogP contribution in [0.4, 0.5) is 0 Å². The Balaban J connectivity index is 2.35. The highest BCUT2D eigenvalue weighted by molar-refractivity contribution is 5.50. The topological polar surface area (TPSA) is 17.8 Å². The number of benzene rings is 1. The van der Waals surface area contributed by atoms with E-state index >= 15 is 0 Å². The van der Waals surface area contributed by atoms with Gasteiger partial charge in [-0.1, -0.05) is 18.2 Å². The molecule has 0 N–H and O–H groups in total. The van der Waals surface area contributed by atoms with Gasteiger partial charge in [0.2, 0.25) is 0 Å². The fraction of sp³-hybridized carbons (Fsp3) is 0.182.